The van der Waals surface area contributed by atoms with E-state index in [9.17, 15) is 14.7 Å². The Labute approximate surface area is 122 Å². The van der Waals surface area contributed by atoms with Gasteiger partial charge >= 0.3 is 5.97 Å². The van der Waals surface area contributed by atoms with E-state index in [4.69, 9.17) is 5.73 Å². The number of hydrogen-bond donors (Lipinski definition) is 2. The summed E-state index contributed by atoms with van der Waals surface area (Å²) in [5.41, 5.74) is 6.57. The Hall–Kier alpha value is -1.05. The Bertz CT molecular complexity index is 487. The lowest BCUT2D eigenvalue weighted by Gasteiger charge is -2.50. The maximum atomic E-state index is 11.9. The van der Waals surface area contributed by atoms with Crippen LogP contribution in [0.4, 0.5) is 0 Å². The molecule has 0 aromatic heterocycles. The second-order valence-electron chi connectivity index (χ2n) is 6.16. The summed E-state index contributed by atoms with van der Waals surface area (Å²) >= 11 is 1.48. The Morgan fingerprint density at radius 2 is 2.20 bits per heavy atom. The van der Waals surface area contributed by atoms with Crippen LogP contribution in [0.15, 0.2) is 11.0 Å². The first-order valence-corrected chi connectivity index (χ1v) is 7.86. The number of fused-ring (bicyclic) bond motifs is 1. The highest BCUT2D eigenvalue weighted by Crippen LogP contribution is 2.40. The fourth-order valence-corrected chi connectivity index (χ4v) is 4.59. The van der Waals surface area contributed by atoms with Crippen molar-refractivity contribution in [2.75, 3.05) is 26.7 Å². The van der Waals surface area contributed by atoms with Crippen LogP contribution in [0, 0.1) is 0 Å². The molecule has 6 nitrogen and oxygen atoms in total. The summed E-state index contributed by atoms with van der Waals surface area (Å²) in [6.07, 6.45) is 2.37. The van der Waals surface area contributed by atoms with Crippen LogP contribution >= 0.6 is 11.8 Å². The van der Waals surface area contributed by atoms with E-state index in [2.05, 4.69) is 7.05 Å². The highest BCUT2D eigenvalue weighted by Gasteiger charge is 2.54. The van der Waals surface area contributed by atoms with Crippen molar-refractivity contribution in [3.8, 4) is 0 Å². The number of quaternary nitrogens is 1. The van der Waals surface area contributed by atoms with Crippen molar-refractivity contribution in [1.82, 2.24) is 4.90 Å². The van der Waals surface area contributed by atoms with Gasteiger partial charge in [0.05, 0.1) is 20.1 Å². The van der Waals surface area contributed by atoms with E-state index in [1.165, 1.54) is 29.5 Å². The van der Waals surface area contributed by atoms with E-state index in [0.29, 0.717) is 6.54 Å². The zero-order valence-electron chi connectivity index (χ0n) is 11.5. The van der Waals surface area contributed by atoms with Gasteiger partial charge in [0.15, 0.2) is 6.04 Å². The van der Waals surface area contributed by atoms with Gasteiger partial charge in [-0.25, -0.2) is 4.79 Å². The largest absolute Gasteiger partial charge is 0.479 e. The van der Waals surface area contributed by atoms with Gasteiger partial charge in [-0.1, -0.05) is 0 Å². The molecule has 0 aromatic rings. The third kappa shape index (κ3) is 2.04. The van der Waals surface area contributed by atoms with Gasteiger partial charge in [0, 0.05) is 18.4 Å². The summed E-state index contributed by atoms with van der Waals surface area (Å²) in [5.74, 6) is -1.20. The molecular formula is C13H20N3O3S+. The molecule has 3 aliphatic heterocycles. The minimum atomic E-state index is -0.951. The van der Waals surface area contributed by atoms with Crippen molar-refractivity contribution in [1.29, 1.82) is 0 Å². The van der Waals surface area contributed by atoms with Crippen LogP contribution < -0.4 is 5.73 Å². The van der Waals surface area contributed by atoms with E-state index in [0.717, 1.165) is 23.1 Å². The van der Waals surface area contributed by atoms with Gasteiger partial charge in [-0.15, -0.1) is 11.8 Å². The molecule has 110 valence electrons. The molecule has 0 spiro atoms. The molecule has 3 rings (SSSR count). The van der Waals surface area contributed by atoms with E-state index in [1.54, 1.807) is 0 Å². The number of likely N-dealkylation sites (N-methyl/N-ethyl adjacent to an activating group) is 1. The van der Waals surface area contributed by atoms with E-state index in [-0.39, 0.29) is 11.3 Å². The minimum Gasteiger partial charge on any atom is -0.479 e. The van der Waals surface area contributed by atoms with Crippen molar-refractivity contribution >= 4 is 23.6 Å². The number of likely N-dealkylation sites (tertiary alicyclic amines) is 1. The predicted octanol–water partition coefficient (Wildman–Crippen LogP) is -0.194. The molecule has 3 N–H and O–H groups in total. The number of thioether (sulfide) groups is 1. The molecule has 2 saturated heterocycles. The van der Waals surface area contributed by atoms with Gasteiger partial charge in [-0.2, -0.15) is 0 Å². The summed E-state index contributed by atoms with van der Waals surface area (Å²) < 4.78 is 0.870. The first-order chi connectivity index (χ1) is 9.43. The molecule has 0 saturated carbocycles. The van der Waals surface area contributed by atoms with Crippen LogP contribution in [-0.2, 0) is 9.59 Å². The number of amides is 1. The number of nitrogens with zero attached hydrogens (tertiary/aromatic N) is 2. The van der Waals surface area contributed by atoms with Crippen LogP contribution in [-0.4, -0.2) is 70.5 Å². The number of rotatable bonds is 3. The number of aliphatic carboxylic acids is 1. The fourth-order valence-electron chi connectivity index (χ4n) is 3.43. The molecule has 0 aliphatic carbocycles. The number of hydrogen-bond acceptors (Lipinski definition) is 4. The molecule has 20 heavy (non-hydrogen) atoms. The van der Waals surface area contributed by atoms with Gasteiger partial charge in [-0.3, -0.25) is 4.79 Å². The quantitative estimate of drug-likeness (QED) is 0.557. The Balaban J connectivity index is 1.84. The Morgan fingerprint density at radius 1 is 1.55 bits per heavy atom. The number of carboxylic acids is 1. The van der Waals surface area contributed by atoms with Crippen molar-refractivity contribution in [3.63, 3.8) is 0 Å². The molecule has 0 bridgehead atoms. The number of carboxylic acid groups (broad SMARTS) is 1. The Morgan fingerprint density at radius 3 is 2.80 bits per heavy atom. The number of carbonyl (C=O) groups excluding carboxylic acids is 1. The molecule has 3 heterocycles. The van der Waals surface area contributed by atoms with Crippen LogP contribution in [0.25, 0.3) is 0 Å². The van der Waals surface area contributed by atoms with E-state index in [1.807, 2.05) is 5.41 Å². The summed E-state index contributed by atoms with van der Waals surface area (Å²) in [6.45, 7) is 2.85. The van der Waals surface area contributed by atoms with Crippen LogP contribution in [0.5, 0.6) is 0 Å². The van der Waals surface area contributed by atoms with Gasteiger partial charge in [-0.05, 0) is 5.41 Å². The molecule has 1 amide bonds. The molecule has 2 fully saturated rings. The third-order valence-corrected chi connectivity index (χ3v) is 5.79. The molecule has 3 atom stereocenters. The van der Waals surface area contributed by atoms with Crippen molar-refractivity contribution in [2.24, 2.45) is 5.73 Å². The van der Waals surface area contributed by atoms with Gasteiger partial charge < -0.3 is 20.2 Å². The lowest BCUT2D eigenvalue weighted by molar-refractivity contribution is -0.893. The topological polar surface area (TPSA) is 83.6 Å². The maximum absolute atomic E-state index is 11.9. The lowest BCUT2D eigenvalue weighted by atomic mass is 9.98. The van der Waals surface area contributed by atoms with Gasteiger partial charge in [0.1, 0.15) is 18.0 Å². The first kappa shape index (κ1) is 13.9. The molecule has 0 radical (unpaired) electrons. The number of nitrogens with two attached hydrogens (primary N) is 1. The highest BCUT2D eigenvalue weighted by atomic mass is 32.2. The molecule has 0 aromatic carbocycles. The smallest absolute Gasteiger partial charge is 0.331 e. The summed E-state index contributed by atoms with van der Waals surface area (Å²) in [5, 5.41) is 11.2. The second kappa shape index (κ2) is 4.75. The highest BCUT2D eigenvalue weighted by molar-refractivity contribution is 8.02. The number of carbonyl (C=O) groups is 2. The average molecular weight is 298 g/mol. The zero-order valence-corrected chi connectivity index (χ0v) is 12.3. The zero-order chi connectivity index (χ0) is 14.5. The SMILES string of the molecule is C[N+]1(CC2=CSC3C(N)C(=O)N3C2C(=O)O)CCCC1. The summed E-state index contributed by atoms with van der Waals surface area (Å²) in [7, 11) is 2.16. The standard InChI is InChI=1S/C13H19N3O3S/c1-16(4-2-3-5-16)6-8-7-20-12-9(14)11(17)15(12)10(8)13(18)19/h7,9-10,12H,2-6,14H2,1H3/p+1. The minimum absolute atomic E-state index is 0.212. The third-order valence-electron chi connectivity index (χ3n) is 4.55. The second-order valence-corrected chi connectivity index (χ2v) is 7.15. The monoisotopic (exact) mass is 298 g/mol. The van der Waals surface area contributed by atoms with Crippen molar-refractivity contribution in [3.05, 3.63) is 11.0 Å². The summed E-state index contributed by atoms with van der Waals surface area (Å²) in [4.78, 5) is 24.9. The van der Waals surface area contributed by atoms with Gasteiger partial charge in [0.25, 0.3) is 0 Å². The molecule has 3 aliphatic rings. The van der Waals surface area contributed by atoms with Gasteiger partial charge in [0.2, 0.25) is 5.91 Å². The van der Waals surface area contributed by atoms with Crippen molar-refractivity contribution < 1.29 is 19.2 Å². The van der Waals surface area contributed by atoms with E-state index >= 15 is 0 Å². The molecule has 3 unspecified atom stereocenters. The lowest BCUT2D eigenvalue weighted by Crippen LogP contribution is -2.72. The van der Waals surface area contributed by atoms with Crippen LogP contribution in [0.1, 0.15) is 12.8 Å². The van der Waals surface area contributed by atoms with Crippen LogP contribution in [0.3, 0.4) is 0 Å². The molecule has 7 heteroatoms. The number of β-lactam (4-membered cyclic amide) rings is 1. The maximum Gasteiger partial charge on any atom is 0.331 e. The fraction of sp³-hybridized carbons (Fsp3) is 0.692. The van der Waals surface area contributed by atoms with E-state index < -0.39 is 18.1 Å². The summed E-state index contributed by atoms with van der Waals surface area (Å²) in [6, 6.07) is -1.39. The normalized spacial score (nSPS) is 35.3. The predicted molar refractivity (Wildman–Crippen MR) is 75.7 cm³/mol. The average Bonchev–Trinajstić information content (AvgIpc) is 2.83. The molecular weight excluding hydrogens is 278 g/mol. The first-order valence-electron chi connectivity index (χ1n) is 6.91. The van der Waals surface area contributed by atoms with Crippen LogP contribution in [0.2, 0.25) is 0 Å². The van der Waals surface area contributed by atoms with Crippen molar-refractivity contribution in [2.45, 2.75) is 30.3 Å². The Kier molecular flexibility index (Phi) is 3.30.